The van der Waals surface area contributed by atoms with Gasteiger partial charge in [0.05, 0.1) is 6.20 Å². The summed E-state index contributed by atoms with van der Waals surface area (Å²) in [5, 5.41) is 3.37. The van der Waals surface area contributed by atoms with Crippen LogP contribution in [0.3, 0.4) is 0 Å². The number of halogens is 1. The van der Waals surface area contributed by atoms with E-state index in [-0.39, 0.29) is 5.82 Å². The Balaban J connectivity index is 2.09. The Bertz CT molecular complexity index is 443. The summed E-state index contributed by atoms with van der Waals surface area (Å²) in [7, 11) is 2.06. The molecule has 112 valence electrons. The molecule has 0 saturated heterocycles. The van der Waals surface area contributed by atoms with Crippen LogP contribution in [-0.2, 0) is 6.54 Å². The summed E-state index contributed by atoms with van der Waals surface area (Å²) in [6, 6.07) is 2.07. The van der Waals surface area contributed by atoms with Crippen molar-refractivity contribution in [3.05, 3.63) is 23.6 Å². The molecule has 0 bridgehead atoms. The van der Waals surface area contributed by atoms with Gasteiger partial charge in [-0.2, -0.15) is 0 Å². The first kappa shape index (κ1) is 15.2. The molecule has 1 unspecified atom stereocenters. The van der Waals surface area contributed by atoms with Crippen LogP contribution in [0.25, 0.3) is 0 Å². The molecule has 3 nitrogen and oxygen atoms in total. The lowest BCUT2D eigenvalue weighted by Gasteiger charge is -2.28. The van der Waals surface area contributed by atoms with Crippen LogP contribution in [0, 0.1) is 17.7 Å². The first-order valence-electron chi connectivity index (χ1n) is 7.57. The fourth-order valence-corrected chi connectivity index (χ4v) is 2.50. The Hall–Kier alpha value is -1.16. The van der Waals surface area contributed by atoms with Gasteiger partial charge in [-0.25, -0.2) is 9.37 Å². The van der Waals surface area contributed by atoms with E-state index in [1.807, 2.05) is 0 Å². The Morgan fingerprint density at radius 2 is 2.10 bits per heavy atom. The molecule has 4 heteroatoms. The topological polar surface area (TPSA) is 28.2 Å². The van der Waals surface area contributed by atoms with E-state index < -0.39 is 0 Å². The van der Waals surface area contributed by atoms with Gasteiger partial charge >= 0.3 is 0 Å². The molecule has 20 heavy (non-hydrogen) atoms. The average molecular weight is 279 g/mol. The summed E-state index contributed by atoms with van der Waals surface area (Å²) in [5.41, 5.74) is 0.945. The van der Waals surface area contributed by atoms with Crippen molar-refractivity contribution in [1.29, 1.82) is 0 Å². The lowest BCUT2D eigenvalue weighted by Crippen LogP contribution is -2.33. The van der Waals surface area contributed by atoms with Crippen LogP contribution in [-0.4, -0.2) is 24.6 Å². The average Bonchev–Trinajstić information content (AvgIpc) is 3.21. The zero-order chi connectivity index (χ0) is 14.7. The van der Waals surface area contributed by atoms with Gasteiger partial charge in [0.25, 0.3) is 0 Å². The lowest BCUT2D eigenvalue weighted by molar-refractivity contribution is 0.544. The van der Waals surface area contributed by atoms with Crippen LogP contribution < -0.4 is 10.2 Å². The Morgan fingerprint density at radius 1 is 1.40 bits per heavy atom. The number of nitrogens with zero attached hydrogens (tertiary/aromatic N) is 2. The maximum Gasteiger partial charge on any atom is 0.141 e. The van der Waals surface area contributed by atoms with Gasteiger partial charge in [-0.1, -0.05) is 13.8 Å². The number of rotatable bonds is 7. The summed E-state index contributed by atoms with van der Waals surface area (Å²) in [6.07, 6.45) is 3.92. The fourth-order valence-electron chi connectivity index (χ4n) is 2.50. The van der Waals surface area contributed by atoms with Crippen molar-refractivity contribution in [3.63, 3.8) is 0 Å². The third kappa shape index (κ3) is 3.92. The Kier molecular flexibility index (Phi) is 4.97. The van der Waals surface area contributed by atoms with Crippen molar-refractivity contribution in [3.8, 4) is 0 Å². The van der Waals surface area contributed by atoms with Gasteiger partial charge in [0.15, 0.2) is 0 Å². The second-order valence-electron chi connectivity index (χ2n) is 6.35. The molecule has 1 aliphatic carbocycles. The van der Waals surface area contributed by atoms with Crippen molar-refractivity contribution in [2.75, 3.05) is 18.5 Å². The normalized spacial score (nSPS) is 16.5. The predicted molar refractivity (Wildman–Crippen MR) is 81.3 cm³/mol. The molecule has 1 aromatic heterocycles. The van der Waals surface area contributed by atoms with E-state index >= 15 is 0 Å². The second-order valence-corrected chi connectivity index (χ2v) is 6.35. The maximum absolute atomic E-state index is 13.5. The van der Waals surface area contributed by atoms with E-state index in [4.69, 9.17) is 0 Å². The molecule has 2 rings (SSSR count). The minimum Gasteiger partial charge on any atom is -0.356 e. The highest BCUT2D eigenvalue weighted by molar-refractivity contribution is 5.47. The van der Waals surface area contributed by atoms with Crippen LogP contribution >= 0.6 is 0 Å². The summed E-state index contributed by atoms with van der Waals surface area (Å²) in [4.78, 5) is 6.52. The van der Waals surface area contributed by atoms with Gasteiger partial charge in [-0.3, -0.25) is 0 Å². The number of nitrogens with one attached hydrogen (secondary N) is 1. The zero-order valence-corrected chi connectivity index (χ0v) is 13.0. The second kappa shape index (κ2) is 6.53. The summed E-state index contributed by atoms with van der Waals surface area (Å²) < 4.78 is 13.5. The van der Waals surface area contributed by atoms with Gasteiger partial charge < -0.3 is 10.2 Å². The number of anilines is 1. The molecule has 1 heterocycles. The number of pyridine rings is 1. The fraction of sp³-hybridized carbons (Fsp3) is 0.688. The highest BCUT2D eigenvalue weighted by Gasteiger charge is 2.31. The zero-order valence-electron chi connectivity index (χ0n) is 13.0. The first-order valence-corrected chi connectivity index (χ1v) is 7.57. The van der Waals surface area contributed by atoms with Gasteiger partial charge in [0, 0.05) is 25.2 Å². The van der Waals surface area contributed by atoms with Crippen LogP contribution in [0.1, 0.15) is 39.2 Å². The third-order valence-corrected chi connectivity index (χ3v) is 4.03. The van der Waals surface area contributed by atoms with Crippen LogP contribution in [0.5, 0.6) is 0 Å². The largest absolute Gasteiger partial charge is 0.356 e. The molecule has 0 aromatic carbocycles. The van der Waals surface area contributed by atoms with E-state index in [1.54, 1.807) is 6.07 Å². The molecule has 1 aliphatic rings. The molecule has 0 radical (unpaired) electrons. The molecule has 0 amide bonds. The Labute approximate surface area is 121 Å². The molecule has 1 atom stereocenters. The standard InChI is InChI=1S/C16H26FN3/c1-11(2)8-18-9-14-7-15(17)10-19-16(14)20(4)12(3)13-5-6-13/h7,10-13,18H,5-6,8-9H2,1-4H3. The van der Waals surface area contributed by atoms with E-state index in [0.717, 1.165) is 23.8 Å². The van der Waals surface area contributed by atoms with Crippen LogP contribution in [0.2, 0.25) is 0 Å². The van der Waals surface area contributed by atoms with Gasteiger partial charge in [0.1, 0.15) is 11.6 Å². The molecular formula is C16H26FN3. The van der Waals surface area contributed by atoms with Gasteiger partial charge in [-0.15, -0.1) is 0 Å². The van der Waals surface area contributed by atoms with Crippen LogP contribution in [0.15, 0.2) is 12.3 Å². The minimum atomic E-state index is -0.262. The molecule has 0 spiro atoms. The van der Waals surface area contributed by atoms with E-state index in [0.29, 0.717) is 18.5 Å². The summed E-state index contributed by atoms with van der Waals surface area (Å²) in [6.45, 7) is 8.16. The molecular weight excluding hydrogens is 253 g/mol. The van der Waals surface area contributed by atoms with Gasteiger partial charge in [0.2, 0.25) is 0 Å². The van der Waals surface area contributed by atoms with Crippen molar-refractivity contribution in [2.24, 2.45) is 11.8 Å². The Morgan fingerprint density at radius 3 is 2.70 bits per heavy atom. The molecule has 1 aromatic rings. The van der Waals surface area contributed by atoms with E-state index in [1.165, 1.54) is 19.0 Å². The maximum atomic E-state index is 13.5. The number of hydrogen-bond donors (Lipinski definition) is 1. The molecule has 1 fully saturated rings. The molecule has 0 aliphatic heterocycles. The third-order valence-electron chi connectivity index (χ3n) is 4.03. The summed E-state index contributed by atoms with van der Waals surface area (Å²) >= 11 is 0. The van der Waals surface area contributed by atoms with Crippen molar-refractivity contribution < 1.29 is 4.39 Å². The van der Waals surface area contributed by atoms with E-state index in [2.05, 4.69) is 43.0 Å². The lowest BCUT2D eigenvalue weighted by atomic mass is 10.1. The number of hydrogen-bond acceptors (Lipinski definition) is 3. The number of aromatic nitrogens is 1. The summed E-state index contributed by atoms with van der Waals surface area (Å²) in [5.74, 6) is 2.00. The molecule has 1 saturated carbocycles. The highest BCUT2D eigenvalue weighted by Crippen LogP contribution is 2.36. The van der Waals surface area contributed by atoms with Crippen molar-refractivity contribution in [2.45, 2.75) is 46.2 Å². The molecule has 1 N–H and O–H groups in total. The van der Waals surface area contributed by atoms with Crippen molar-refractivity contribution in [1.82, 2.24) is 10.3 Å². The first-order chi connectivity index (χ1) is 9.49. The highest BCUT2D eigenvalue weighted by atomic mass is 19.1. The smallest absolute Gasteiger partial charge is 0.141 e. The monoisotopic (exact) mass is 279 g/mol. The van der Waals surface area contributed by atoms with Crippen molar-refractivity contribution >= 4 is 5.82 Å². The van der Waals surface area contributed by atoms with E-state index in [9.17, 15) is 4.39 Å². The SMILES string of the molecule is CC(C)CNCc1cc(F)cnc1N(C)C(C)C1CC1. The van der Waals surface area contributed by atoms with Gasteiger partial charge in [-0.05, 0) is 44.2 Å². The predicted octanol–water partition coefficient (Wildman–Crippen LogP) is 3.20. The van der Waals surface area contributed by atoms with Crippen LogP contribution in [0.4, 0.5) is 10.2 Å². The quantitative estimate of drug-likeness (QED) is 0.831. The minimum absolute atomic E-state index is 0.262.